The highest BCUT2D eigenvalue weighted by Crippen LogP contribution is 2.61. The van der Waals surface area contributed by atoms with Crippen molar-refractivity contribution in [3.05, 3.63) is 76.7 Å². The molecule has 0 radical (unpaired) electrons. The molecule has 0 amide bonds. The number of aromatic nitrogens is 1. The van der Waals surface area contributed by atoms with E-state index < -0.39 is 0 Å². The van der Waals surface area contributed by atoms with Gasteiger partial charge in [0.05, 0.1) is 12.8 Å². The quantitative estimate of drug-likeness (QED) is 0.180. The lowest BCUT2D eigenvalue weighted by Gasteiger charge is -2.13. The highest BCUT2D eigenvalue weighted by molar-refractivity contribution is 6.14. The third-order valence-electron chi connectivity index (χ3n) is 7.48. The Bertz CT molecular complexity index is 1310. The molecule has 1 fully saturated rings. The fourth-order valence-electron chi connectivity index (χ4n) is 5.37. The van der Waals surface area contributed by atoms with Crippen molar-refractivity contribution < 1.29 is 13.9 Å². The number of pyridine rings is 1. The molecule has 7 heteroatoms. The van der Waals surface area contributed by atoms with Crippen molar-refractivity contribution in [1.29, 1.82) is 5.41 Å². The van der Waals surface area contributed by atoms with Gasteiger partial charge in [-0.15, -0.1) is 0 Å². The first-order chi connectivity index (χ1) is 18.0. The predicted octanol–water partition coefficient (Wildman–Crippen LogP) is 6.06. The number of aryl methyl sites for hydroxylation is 1. The molecule has 192 valence electrons. The summed E-state index contributed by atoms with van der Waals surface area (Å²) in [4.78, 5) is 4.59. The molecule has 0 bridgehead atoms. The lowest BCUT2D eigenvalue weighted by Crippen LogP contribution is -2.09. The summed E-state index contributed by atoms with van der Waals surface area (Å²) in [6, 6.07) is 15.3. The molecule has 5 rings (SSSR count). The number of unbranched alkanes of at least 4 members (excludes halogenated alkanes) is 1. The van der Waals surface area contributed by atoms with E-state index in [1.165, 1.54) is 23.4 Å². The molecule has 37 heavy (non-hydrogen) atoms. The SMILES string of the molecule is Cc1nc(OCCCCN/N=C\C=N)ccc1-c1ccc(F)c(COc2ccc3c(c2)C[C@H]2[C@H](C)[C@@H]32)c1. The van der Waals surface area contributed by atoms with E-state index in [1.807, 2.05) is 31.2 Å². The number of hydrogen-bond donors (Lipinski definition) is 2. The Labute approximate surface area is 217 Å². The maximum absolute atomic E-state index is 14.6. The number of benzene rings is 2. The molecule has 0 aliphatic heterocycles. The van der Waals surface area contributed by atoms with Gasteiger partial charge >= 0.3 is 0 Å². The van der Waals surface area contributed by atoms with Crippen molar-refractivity contribution in [3.63, 3.8) is 0 Å². The monoisotopic (exact) mass is 500 g/mol. The van der Waals surface area contributed by atoms with Crippen molar-refractivity contribution in [2.45, 2.75) is 45.6 Å². The highest BCUT2D eigenvalue weighted by Gasteiger charge is 2.52. The zero-order valence-corrected chi connectivity index (χ0v) is 21.3. The van der Waals surface area contributed by atoms with Gasteiger partial charge in [-0.05, 0) is 91.0 Å². The molecule has 1 aromatic heterocycles. The van der Waals surface area contributed by atoms with Gasteiger partial charge in [0.15, 0.2) is 0 Å². The normalized spacial score (nSPS) is 19.4. The number of rotatable bonds is 12. The van der Waals surface area contributed by atoms with Crippen LogP contribution in [0.3, 0.4) is 0 Å². The molecular formula is C30H33FN4O2. The van der Waals surface area contributed by atoms with Crippen molar-refractivity contribution in [3.8, 4) is 22.8 Å². The number of ether oxygens (including phenoxy) is 2. The van der Waals surface area contributed by atoms with Gasteiger partial charge in [-0.3, -0.25) is 0 Å². The molecule has 0 spiro atoms. The lowest BCUT2D eigenvalue weighted by molar-refractivity contribution is 0.294. The Kier molecular flexibility index (Phi) is 7.49. The smallest absolute Gasteiger partial charge is 0.213 e. The zero-order chi connectivity index (χ0) is 25.8. The van der Waals surface area contributed by atoms with Crippen LogP contribution in [-0.2, 0) is 13.0 Å². The second-order valence-corrected chi connectivity index (χ2v) is 9.90. The minimum absolute atomic E-state index is 0.178. The molecule has 3 aromatic rings. The van der Waals surface area contributed by atoms with E-state index in [0.717, 1.165) is 72.3 Å². The summed E-state index contributed by atoms with van der Waals surface area (Å²) in [5.41, 5.74) is 8.91. The maximum Gasteiger partial charge on any atom is 0.213 e. The van der Waals surface area contributed by atoms with Crippen LogP contribution in [0.1, 0.15) is 48.1 Å². The summed E-state index contributed by atoms with van der Waals surface area (Å²) >= 11 is 0. The number of hydrogen-bond acceptors (Lipinski definition) is 6. The first kappa shape index (κ1) is 24.9. The van der Waals surface area contributed by atoms with E-state index in [-0.39, 0.29) is 12.4 Å². The van der Waals surface area contributed by atoms with Gasteiger partial charge in [0, 0.05) is 35.6 Å². The average molecular weight is 501 g/mol. The van der Waals surface area contributed by atoms with Crippen LogP contribution in [0.25, 0.3) is 11.1 Å². The molecule has 1 heterocycles. The first-order valence-electron chi connectivity index (χ1n) is 12.9. The maximum atomic E-state index is 14.6. The summed E-state index contributed by atoms with van der Waals surface area (Å²) < 4.78 is 26.4. The van der Waals surface area contributed by atoms with E-state index in [2.05, 4.69) is 34.6 Å². The molecule has 2 aromatic carbocycles. The van der Waals surface area contributed by atoms with Gasteiger partial charge in [-0.2, -0.15) is 5.10 Å². The lowest BCUT2D eigenvalue weighted by atomic mass is 10.0. The van der Waals surface area contributed by atoms with Crippen LogP contribution in [0.5, 0.6) is 11.6 Å². The van der Waals surface area contributed by atoms with Crippen LogP contribution in [0.2, 0.25) is 0 Å². The molecule has 2 aliphatic carbocycles. The van der Waals surface area contributed by atoms with Gasteiger partial charge in [-0.25, -0.2) is 9.37 Å². The number of hydrazone groups is 1. The Balaban J connectivity index is 1.17. The topological polar surface area (TPSA) is 79.6 Å². The van der Waals surface area contributed by atoms with Crippen molar-refractivity contribution in [2.75, 3.05) is 13.2 Å². The standard InChI is InChI=1S/C30H33FN4O2/c1-19-27-17-22-16-24(6-7-26(22)30(19)27)37-18-23-15-21(5-9-28(23)31)25-8-10-29(35-20(25)2)36-14-4-3-12-33-34-13-11-32/h5-11,13,15-16,19,27,30,32-33H,3-4,12,14,17-18H2,1-2H3/b32-11?,34-13-/t19-,27-,30-/m0/s1. The minimum atomic E-state index is -0.274. The Hall–Kier alpha value is -3.74. The third kappa shape index (κ3) is 5.66. The summed E-state index contributed by atoms with van der Waals surface area (Å²) in [6.45, 7) is 5.72. The fraction of sp³-hybridized carbons (Fsp3) is 0.367. The van der Waals surface area contributed by atoms with Gasteiger partial charge < -0.3 is 20.3 Å². The molecule has 2 N–H and O–H groups in total. The van der Waals surface area contributed by atoms with Gasteiger partial charge in [0.1, 0.15) is 18.2 Å². The summed E-state index contributed by atoms with van der Waals surface area (Å²) in [7, 11) is 0. The van der Waals surface area contributed by atoms with Crippen molar-refractivity contribution in [1.82, 2.24) is 10.4 Å². The van der Waals surface area contributed by atoms with Crippen LogP contribution < -0.4 is 14.9 Å². The van der Waals surface area contributed by atoms with Crippen LogP contribution in [-0.4, -0.2) is 30.6 Å². The van der Waals surface area contributed by atoms with Crippen LogP contribution in [0, 0.1) is 30.0 Å². The number of fused-ring (bicyclic) bond motifs is 3. The zero-order valence-electron chi connectivity index (χ0n) is 21.3. The minimum Gasteiger partial charge on any atom is -0.489 e. The molecule has 0 unspecified atom stereocenters. The Morgan fingerprint density at radius 2 is 2.03 bits per heavy atom. The molecule has 1 saturated carbocycles. The first-order valence-corrected chi connectivity index (χ1v) is 12.9. The number of nitrogens with one attached hydrogen (secondary N) is 2. The van der Waals surface area contributed by atoms with Gasteiger partial charge in [0.25, 0.3) is 0 Å². The van der Waals surface area contributed by atoms with Crippen molar-refractivity contribution >= 4 is 12.4 Å². The molecule has 3 atom stereocenters. The second kappa shape index (κ2) is 11.1. The molecular weight excluding hydrogens is 467 g/mol. The molecule has 2 aliphatic rings. The van der Waals surface area contributed by atoms with E-state index in [1.54, 1.807) is 6.07 Å². The highest BCUT2D eigenvalue weighted by atomic mass is 19.1. The molecule has 0 saturated heterocycles. The van der Waals surface area contributed by atoms with Gasteiger partial charge in [-0.1, -0.05) is 19.1 Å². The van der Waals surface area contributed by atoms with E-state index in [4.69, 9.17) is 14.9 Å². The fourth-order valence-corrected chi connectivity index (χ4v) is 5.37. The summed E-state index contributed by atoms with van der Waals surface area (Å²) in [6.07, 6.45) is 5.43. The molecule has 6 nitrogen and oxygen atoms in total. The summed E-state index contributed by atoms with van der Waals surface area (Å²) in [5, 5.41) is 10.7. The summed E-state index contributed by atoms with van der Waals surface area (Å²) in [5.74, 6) is 3.43. The second-order valence-electron chi connectivity index (χ2n) is 9.90. The average Bonchev–Trinajstić information content (AvgIpc) is 3.35. The largest absolute Gasteiger partial charge is 0.489 e. The van der Waals surface area contributed by atoms with Crippen molar-refractivity contribution in [2.24, 2.45) is 16.9 Å². The van der Waals surface area contributed by atoms with E-state index >= 15 is 0 Å². The Morgan fingerprint density at radius 1 is 1.14 bits per heavy atom. The van der Waals surface area contributed by atoms with Crippen LogP contribution >= 0.6 is 0 Å². The van der Waals surface area contributed by atoms with Gasteiger partial charge in [0.2, 0.25) is 5.88 Å². The predicted molar refractivity (Wildman–Crippen MR) is 144 cm³/mol. The van der Waals surface area contributed by atoms with Crippen LogP contribution in [0.15, 0.2) is 53.6 Å². The number of halogens is 1. The van der Waals surface area contributed by atoms with Crippen LogP contribution in [0.4, 0.5) is 4.39 Å². The van der Waals surface area contributed by atoms with E-state index in [0.29, 0.717) is 18.1 Å². The third-order valence-corrected chi connectivity index (χ3v) is 7.48. The Morgan fingerprint density at radius 3 is 2.86 bits per heavy atom. The number of nitrogens with zero attached hydrogens (tertiary/aromatic N) is 2. The van der Waals surface area contributed by atoms with E-state index in [9.17, 15) is 4.39 Å².